The smallest absolute Gasteiger partial charge is 0.0273 e. The van der Waals surface area contributed by atoms with E-state index >= 15 is 0 Å². The zero-order valence-electron chi connectivity index (χ0n) is 9.32. The molecule has 0 aromatic carbocycles. The van der Waals surface area contributed by atoms with Crippen molar-refractivity contribution in [1.82, 2.24) is 0 Å². The fourth-order valence-electron chi connectivity index (χ4n) is 1.30. The minimum Gasteiger partial charge on any atom is -0.0961 e. The fraction of sp³-hybridized carbons (Fsp3) is 0.538. The molecule has 0 spiro atoms. The third kappa shape index (κ3) is 5.46. The van der Waals surface area contributed by atoms with Crippen LogP contribution in [0.5, 0.6) is 0 Å². The molecule has 1 fully saturated rings. The van der Waals surface area contributed by atoms with E-state index in [1.807, 2.05) is 6.92 Å². The van der Waals surface area contributed by atoms with E-state index in [-0.39, 0.29) is 0 Å². The van der Waals surface area contributed by atoms with Crippen LogP contribution in [0, 0.1) is 0 Å². The Balaban J connectivity index is 0.000000424. The average Bonchev–Trinajstić information content (AvgIpc) is 2.37. The van der Waals surface area contributed by atoms with Gasteiger partial charge in [0.1, 0.15) is 0 Å². The number of hydrogen-bond acceptors (Lipinski definition) is 0. The van der Waals surface area contributed by atoms with Gasteiger partial charge in [0.2, 0.25) is 0 Å². The Kier molecular flexibility index (Phi) is 6.30. The summed E-state index contributed by atoms with van der Waals surface area (Å²) in [5, 5.41) is 0. The van der Waals surface area contributed by atoms with Gasteiger partial charge in [0, 0.05) is 0 Å². The van der Waals surface area contributed by atoms with Gasteiger partial charge in [-0.3, -0.25) is 0 Å². The predicted octanol–water partition coefficient (Wildman–Crippen LogP) is 4.65. The Hall–Kier alpha value is -0.780. The third-order valence-electron chi connectivity index (χ3n) is 1.80. The van der Waals surface area contributed by atoms with Crippen LogP contribution in [0.25, 0.3) is 0 Å². The van der Waals surface area contributed by atoms with E-state index < -0.39 is 0 Å². The van der Waals surface area contributed by atoms with Crippen molar-refractivity contribution < 1.29 is 0 Å². The predicted molar refractivity (Wildman–Crippen MR) is 61.9 cm³/mol. The monoisotopic (exact) mass is 178 g/mol. The quantitative estimate of drug-likeness (QED) is 0.548. The van der Waals surface area contributed by atoms with Crippen molar-refractivity contribution in [2.75, 3.05) is 0 Å². The average molecular weight is 178 g/mol. The number of hydrogen-bond donors (Lipinski definition) is 0. The highest BCUT2D eigenvalue weighted by Crippen LogP contribution is 2.29. The Morgan fingerprint density at radius 3 is 2.23 bits per heavy atom. The van der Waals surface area contributed by atoms with Crippen LogP contribution in [0.2, 0.25) is 0 Å². The summed E-state index contributed by atoms with van der Waals surface area (Å²) in [7, 11) is 0. The van der Waals surface area contributed by atoms with E-state index in [0.717, 1.165) is 5.57 Å². The molecule has 0 nitrogen and oxygen atoms in total. The first-order valence-corrected chi connectivity index (χ1v) is 5.16. The highest BCUT2D eigenvalue weighted by molar-refractivity contribution is 5.36. The summed E-state index contributed by atoms with van der Waals surface area (Å²) >= 11 is 0. The topological polar surface area (TPSA) is 0 Å². The number of rotatable bonds is 1. The molecule has 0 aromatic rings. The summed E-state index contributed by atoms with van der Waals surface area (Å²) in [4.78, 5) is 0. The van der Waals surface area contributed by atoms with E-state index in [1.165, 1.54) is 36.8 Å². The second-order valence-corrected chi connectivity index (χ2v) is 3.68. The maximum absolute atomic E-state index is 3.98. The summed E-state index contributed by atoms with van der Waals surface area (Å²) in [6, 6.07) is 0. The summed E-state index contributed by atoms with van der Waals surface area (Å²) in [6.07, 6.45) is 7.05. The SMILES string of the molecule is C=C(C)/C=C1/CCCC1=C.CCC. The van der Waals surface area contributed by atoms with Crippen molar-refractivity contribution in [3.05, 3.63) is 36.0 Å². The molecule has 13 heavy (non-hydrogen) atoms. The fourth-order valence-corrected chi connectivity index (χ4v) is 1.30. The molecule has 0 radical (unpaired) electrons. The molecular weight excluding hydrogens is 156 g/mol. The van der Waals surface area contributed by atoms with Gasteiger partial charge < -0.3 is 0 Å². The molecule has 0 bridgehead atoms. The molecule has 1 saturated carbocycles. The molecular formula is C13H22. The highest BCUT2D eigenvalue weighted by atomic mass is 14.1. The Labute approximate surface area is 83.0 Å². The van der Waals surface area contributed by atoms with Crippen LogP contribution in [-0.4, -0.2) is 0 Å². The molecule has 0 aromatic heterocycles. The minimum atomic E-state index is 1.14. The zero-order valence-corrected chi connectivity index (χ0v) is 9.32. The van der Waals surface area contributed by atoms with Crippen LogP contribution < -0.4 is 0 Å². The van der Waals surface area contributed by atoms with E-state index in [2.05, 4.69) is 33.1 Å². The van der Waals surface area contributed by atoms with Crippen LogP contribution in [0.4, 0.5) is 0 Å². The van der Waals surface area contributed by atoms with Crippen molar-refractivity contribution in [1.29, 1.82) is 0 Å². The molecule has 1 aliphatic carbocycles. The molecule has 1 aliphatic rings. The molecule has 0 heterocycles. The standard InChI is InChI=1S/C10H14.C3H8/c1-8(2)7-10-6-4-5-9(10)3;1-3-2/h7H,1,3-6H2,2H3;3H2,1-2H3/b10-7-;. The van der Waals surface area contributed by atoms with Crippen molar-refractivity contribution in [3.8, 4) is 0 Å². The lowest BCUT2D eigenvalue weighted by molar-refractivity contribution is 0.933. The second-order valence-electron chi connectivity index (χ2n) is 3.68. The molecule has 0 saturated heterocycles. The van der Waals surface area contributed by atoms with Gasteiger partial charge in [-0.2, -0.15) is 0 Å². The van der Waals surface area contributed by atoms with E-state index in [9.17, 15) is 0 Å². The molecule has 74 valence electrons. The van der Waals surface area contributed by atoms with Gasteiger partial charge in [0.15, 0.2) is 0 Å². The molecule has 1 rings (SSSR count). The normalized spacial score (nSPS) is 18.4. The van der Waals surface area contributed by atoms with E-state index in [4.69, 9.17) is 0 Å². The molecule has 0 atom stereocenters. The lowest BCUT2D eigenvalue weighted by Gasteiger charge is -1.96. The first-order chi connectivity index (χ1) is 6.11. The van der Waals surface area contributed by atoms with Gasteiger partial charge in [-0.05, 0) is 31.8 Å². The molecule has 0 unspecified atom stereocenters. The van der Waals surface area contributed by atoms with Crippen molar-refractivity contribution in [3.63, 3.8) is 0 Å². The van der Waals surface area contributed by atoms with Gasteiger partial charge in [-0.1, -0.05) is 50.6 Å². The molecule has 0 heteroatoms. The zero-order chi connectivity index (χ0) is 10.3. The van der Waals surface area contributed by atoms with Gasteiger partial charge >= 0.3 is 0 Å². The maximum Gasteiger partial charge on any atom is -0.0273 e. The lowest BCUT2D eigenvalue weighted by Crippen LogP contribution is -1.76. The minimum absolute atomic E-state index is 1.14. The number of allylic oxidation sites excluding steroid dienone is 4. The van der Waals surface area contributed by atoms with Gasteiger partial charge in [0.05, 0.1) is 0 Å². The van der Waals surface area contributed by atoms with Crippen LogP contribution in [0.3, 0.4) is 0 Å². The Morgan fingerprint density at radius 1 is 1.38 bits per heavy atom. The van der Waals surface area contributed by atoms with E-state index in [1.54, 1.807) is 0 Å². The summed E-state index contributed by atoms with van der Waals surface area (Å²) in [5.74, 6) is 0. The Morgan fingerprint density at radius 2 is 1.92 bits per heavy atom. The lowest BCUT2D eigenvalue weighted by atomic mass is 10.1. The maximum atomic E-state index is 3.98. The van der Waals surface area contributed by atoms with Crippen LogP contribution in [-0.2, 0) is 0 Å². The van der Waals surface area contributed by atoms with Gasteiger partial charge in [-0.25, -0.2) is 0 Å². The molecule has 0 N–H and O–H groups in total. The van der Waals surface area contributed by atoms with Crippen LogP contribution in [0.15, 0.2) is 36.0 Å². The summed E-state index contributed by atoms with van der Waals surface area (Å²) in [6.45, 7) is 14.1. The van der Waals surface area contributed by atoms with Crippen LogP contribution in [0.1, 0.15) is 46.5 Å². The van der Waals surface area contributed by atoms with Crippen molar-refractivity contribution >= 4 is 0 Å². The largest absolute Gasteiger partial charge is 0.0961 e. The summed E-state index contributed by atoms with van der Waals surface area (Å²) in [5.41, 5.74) is 3.86. The first-order valence-electron chi connectivity index (χ1n) is 5.16. The van der Waals surface area contributed by atoms with Crippen molar-refractivity contribution in [2.24, 2.45) is 0 Å². The summed E-state index contributed by atoms with van der Waals surface area (Å²) < 4.78 is 0. The van der Waals surface area contributed by atoms with Crippen molar-refractivity contribution in [2.45, 2.75) is 46.5 Å². The molecule has 0 aliphatic heterocycles. The van der Waals surface area contributed by atoms with Gasteiger partial charge in [0.25, 0.3) is 0 Å². The van der Waals surface area contributed by atoms with E-state index in [0.29, 0.717) is 0 Å². The molecule has 0 amide bonds. The van der Waals surface area contributed by atoms with Crippen LogP contribution >= 0.6 is 0 Å². The first kappa shape index (κ1) is 12.2. The highest BCUT2D eigenvalue weighted by Gasteiger charge is 2.09. The van der Waals surface area contributed by atoms with Gasteiger partial charge in [-0.15, -0.1) is 0 Å². The third-order valence-corrected chi connectivity index (χ3v) is 1.80. The second kappa shape index (κ2) is 6.71. The Bertz CT molecular complexity index is 206.